The summed E-state index contributed by atoms with van der Waals surface area (Å²) in [6.45, 7) is 1.61. The number of aliphatic carboxylic acids is 1. The molecular weight excluding hydrogens is 228 g/mol. The largest absolute Gasteiger partial charge is 0.480 e. The minimum atomic E-state index is -1.18. The average molecular weight is 246 g/mol. The van der Waals surface area contributed by atoms with Crippen molar-refractivity contribution in [2.24, 2.45) is 0 Å². The van der Waals surface area contributed by atoms with Gasteiger partial charge in [-0.3, -0.25) is 9.59 Å². The van der Waals surface area contributed by atoms with E-state index in [2.05, 4.69) is 15.4 Å². The zero-order valence-electron chi connectivity index (χ0n) is 10.1. The van der Waals surface area contributed by atoms with Gasteiger partial charge in [0.2, 0.25) is 5.91 Å². The molecule has 0 spiro atoms. The van der Waals surface area contributed by atoms with Gasteiger partial charge in [-0.15, -0.1) is 0 Å². The van der Waals surface area contributed by atoms with E-state index in [4.69, 9.17) is 5.11 Å². The van der Waals surface area contributed by atoms with Crippen molar-refractivity contribution >= 4 is 17.8 Å². The zero-order valence-corrected chi connectivity index (χ0v) is 10.1. The minimum absolute atomic E-state index is 0.00415. The Kier molecular flexibility index (Phi) is 6.88. The number of likely N-dealkylation sites (N-methyl/N-ethyl adjacent to an activating group) is 1. The molecule has 0 radical (unpaired) electrons. The van der Waals surface area contributed by atoms with E-state index in [-0.39, 0.29) is 12.8 Å². The number of ether oxygens (including phenoxy) is 1. The number of esters is 1. The topological polar surface area (TPSA) is 105 Å². The van der Waals surface area contributed by atoms with Crippen molar-refractivity contribution in [1.29, 1.82) is 0 Å². The first kappa shape index (κ1) is 15.4. The number of hydrogen-bond acceptors (Lipinski definition) is 5. The second kappa shape index (κ2) is 7.61. The molecule has 0 heterocycles. The third-order valence-electron chi connectivity index (χ3n) is 2.31. The molecule has 0 saturated heterocycles. The molecule has 0 saturated carbocycles. The molecule has 98 valence electrons. The number of amides is 1. The predicted molar refractivity (Wildman–Crippen MR) is 59.3 cm³/mol. The van der Waals surface area contributed by atoms with Gasteiger partial charge in [0.25, 0.3) is 0 Å². The van der Waals surface area contributed by atoms with Crippen LogP contribution in [0.3, 0.4) is 0 Å². The summed E-state index contributed by atoms with van der Waals surface area (Å²) in [5, 5.41) is 13.9. The number of rotatable bonds is 7. The smallest absolute Gasteiger partial charge is 0.326 e. The molecule has 0 aromatic carbocycles. The number of hydrogen-bond donors (Lipinski definition) is 3. The fraction of sp³-hybridized carbons (Fsp3) is 0.700. The second-order valence-electron chi connectivity index (χ2n) is 3.52. The Hall–Kier alpha value is -1.63. The van der Waals surface area contributed by atoms with E-state index in [1.165, 1.54) is 7.11 Å². The van der Waals surface area contributed by atoms with Gasteiger partial charge in [0.1, 0.15) is 6.04 Å². The Morgan fingerprint density at radius 3 is 2.35 bits per heavy atom. The lowest BCUT2D eigenvalue weighted by Crippen LogP contribution is -2.48. The van der Waals surface area contributed by atoms with Gasteiger partial charge in [-0.2, -0.15) is 0 Å². The summed E-state index contributed by atoms with van der Waals surface area (Å²) in [5.41, 5.74) is 0. The highest BCUT2D eigenvalue weighted by molar-refractivity contribution is 5.86. The van der Waals surface area contributed by atoms with E-state index < -0.39 is 29.9 Å². The van der Waals surface area contributed by atoms with Gasteiger partial charge in [0.05, 0.1) is 13.2 Å². The lowest BCUT2D eigenvalue weighted by Gasteiger charge is -2.16. The first-order chi connectivity index (χ1) is 7.92. The van der Waals surface area contributed by atoms with E-state index in [0.717, 1.165) is 0 Å². The van der Waals surface area contributed by atoms with Gasteiger partial charge in [-0.1, -0.05) is 0 Å². The van der Waals surface area contributed by atoms with Crippen LogP contribution in [0.5, 0.6) is 0 Å². The van der Waals surface area contributed by atoms with Crippen molar-refractivity contribution in [2.45, 2.75) is 31.8 Å². The molecule has 2 atom stereocenters. The van der Waals surface area contributed by atoms with Gasteiger partial charge in [0, 0.05) is 6.42 Å². The Morgan fingerprint density at radius 1 is 1.35 bits per heavy atom. The minimum Gasteiger partial charge on any atom is -0.480 e. The summed E-state index contributed by atoms with van der Waals surface area (Å²) >= 11 is 0. The fourth-order valence-electron chi connectivity index (χ4n) is 1.05. The van der Waals surface area contributed by atoms with Crippen LogP contribution >= 0.6 is 0 Å². The summed E-state index contributed by atoms with van der Waals surface area (Å²) in [6.07, 6.45) is -0.0497. The van der Waals surface area contributed by atoms with Gasteiger partial charge in [-0.05, 0) is 20.4 Å². The maximum Gasteiger partial charge on any atom is 0.326 e. The maximum atomic E-state index is 11.5. The third kappa shape index (κ3) is 5.86. The van der Waals surface area contributed by atoms with Crippen molar-refractivity contribution in [2.75, 3.05) is 14.2 Å². The molecule has 0 aromatic heterocycles. The molecule has 7 nitrogen and oxygen atoms in total. The number of carboxylic acids is 1. The lowest BCUT2D eigenvalue weighted by atomic mass is 10.1. The number of methoxy groups -OCH3 is 1. The van der Waals surface area contributed by atoms with E-state index in [1.54, 1.807) is 14.0 Å². The lowest BCUT2D eigenvalue weighted by molar-refractivity contribution is -0.144. The summed E-state index contributed by atoms with van der Waals surface area (Å²) in [5.74, 6) is -2.11. The molecule has 0 rings (SSSR count). The monoisotopic (exact) mass is 246 g/mol. The van der Waals surface area contributed by atoms with Gasteiger partial charge in [0.15, 0.2) is 0 Å². The molecule has 3 N–H and O–H groups in total. The van der Waals surface area contributed by atoms with Gasteiger partial charge < -0.3 is 20.5 Å². The van der Waals surface area contributed by atoms with E-state index in [0.29, 0.717) is 0 Å². The summed E-state index contributed by atoms with van der Waals surface area (Å²) in [6, 6.07) is -1.58. The SMILES string of the molecule is CNC(C)C(=O)NC(CCC(=O)OC)C(=O)O. The molecule has 1 amide bonds. The van der Waals surface area contributed by atoms with Crippen LogP contribution in [0.4, 0.5) is 0 Å². The predicted octanol–water partition coefficient (Wildman–Crippen LogP) is -0.883. The normalized spacial score (nSPS) is 13.6. The van der Waals surface area contributed by atoms with Crippen LogP contribution in [-0.2, 0) is 19.1 Å². The first-order valence-electron chi connectivity index (χ1n) is 5.19. The van der Waals surface area contributed by atoms with E-state index >= 15 is 0 Å². The van der Waals surface area contributed by atoms with Crippen LogP contribution in [0, 0.1) is 0 Å². The van der Waals surface area contributed by atoms with Crippen LogP contribution in [0.25, 0.3) is 0 Å². The quantitative estimate of drug-likeness (QED) is 0.504. The molecule has 0 bridgehead atoms. The number of nitrogens with one attached hydrogen (secondary N) is 2. The summed E-state index contributed by atoms with van der Waals surface area (Å²) in [7, 11) is 2.81. The number of carboxylic acid groups (broad SMARTS) is 1. The fourth-order valence-corrected chi connectivity index (χ4v) is 1.05. The highest BCUT2D eigenvalue weighted by Crippen LogP contribution is 2.00. The van der Waals surface area contributed by atoms with Crippen molar-refractivity contribution in [3.05, 3.63) is 0 Å². The molecule has 17 heavy (non-hydrogen) atoms. The maximum absolute atomic E-state index is 11.5. The second-order valence-corrected chi connectivity index (χ2v) is 3.52. The Labute approximate surface area is 99.5 Å². The van der Waals surface area contributed by atoms with E-state index in [9.17, 15) is 14.4 Å². The number of carbonyl (C=O) groups is 3. The Morgan fingerprint density at radius 2 is 1.94 bits per heavy atom. The van der Waals surface area contributed by atoms with Crippen molar-refractivity contribution in [3.63, 3.8) is 0 Å². The first-order valence-corrected chi connectivity index (χ1v) is 5.19. The Balaban J connectivity index is 4.30. The summed E-state index contributed by atoms with van der Waals surface area (Å²) in [4.78, 5) is 33.2. The van der Waals surface area contributed by atoms with Crippen LogP contribution in [0.2, 0.25) is 0 Å². The highest BCUT2D eigenvalue weighted by Gasteiger charge is 2.23. The number of carbonyl (C=O) groups excluding carboxylic acids is 2. The standard InChI is InChI=1S/C10H18N2O5/c1-6(11-2)9(14)12-7(10(15)16)4-5-8(13)17-3/h6-7,11H,4-5H2,1-3H3,(H,12,14)(H,15,16). The average Bonchev–Trinajstić information content (AvgIpc) is 2.31. The molecule has 0 fully saturated rings. The van der Waals surface area contributed by atoms with Gasteiger partial charge >= 0.3 is 11.9 Å². The molecular formula is C10H18N2O5. The highest BCUT2D eigenvalue weighted by atomic mass is 16.5. The zero-order chi connectivity index (χ0) is 13.4. The molecule has 0 aliphatic carbocycles. The van der Waals surface area contributed by atoms with Crippen LogP contribution in [0.1, 0.15) is 19.8 Å². The van der Waals surface area contributed by atoms with E-state index in [1.807, 2.05) is 0 Å². The molecule has 0 aliphatic rings. The molecule has 7 heteroatoms. The van der Waals surface area contributed by atoms with Crippen LogP contribution in [0.15, 0.2) is 0 Å². The van der Waals surface area contributed by atoms with Crippen molar-refractivity contribution in [3.8, 4) is 0 Å². The van der Waals surface area contributed by atoms with Crippen LogP contribution in [-0.4, -0.2) is 49.2 Å². The Bertz CT molecular complexity index is 292. The van der Waals surface area contributed by atoms with Crippen molar-refractivity contribution in [1.82, 2.24) is 10.6 Å². The van der Waals surface area contributed by atoms with Gasteiger partial charge in [-0.25, -0.2) is 4.79 Å². The molecule has 0 aliphatic heterocycles. The van der Waals surface area contributed by atoms with Crippen molar-refractivity contribution < 1.29 is 24.2 Å². The molecule has 0 aromatic rings. The van der Waals surface area contributed by atoms with Crippen LogP contribution < -0.4 is 10.6 Å². The third-order valence-corrected chi connectivity index (χ3v) is 2.31. The summed E-state index contributed by atoms with van der Waals surface area (Å²) < 4.78 is 4.40. The molecule has 2 unspecified atom stereocenters.